The zero-order chi connectivity index (χ0) is 27.7. The van der Waals surface area contributed by atoms with Crippen molar-refractivity contribution in [3.8, 4) is 6.07 Å². The molecule has 3 aromatic carbocycles. The van der Waals surface area contributed by atoms with Gasteiger partial charge in [-0.3, -0.25) is 24.5 Å². The number of nitrogens with one attached hydrogen (secondary N) is 1. The Hall–Kier alpha value is -5.01. The lowest BCUT2D eigenvalue weighted by Gasteiger charge is -2.28. The van der Waals surface area contributed by atoms with Crippen LogP contribution in [0.15, 0.2) is 72.9 Å². The van der Waals surface area contributed by atoms with Crippen LogP contribution in [0.25, 0.3) is 10.9 Å². The van der Waals surface area contributed by atoms with E-state index in [2.05, 4.69) is 4.98 Å². The van der Waals surface area contributed by atoms with Gasteiger partial charge in [-0.1, -0.05) is 29.8 Å². The van der Waals surface area contributed by atoms with Crippen LogP contribution in [0.3, 0.4) is 0 Å². The van der Waals surface area contributed by atoms with Crippen LogP contribution in [0.5, 0.6) is 0 Å². The van der Waals surface area contributed by atoms with Crippen LogP contribution in [-0.2, 0) is 16.0 Å². The topological polar surface area (TPSA) is 140 Å². The summed E-state index contributed by atoms with van der Waals surface area (Å²) in [6.07, 6.45) is 1.93. The molecule has 1 aliphatic rings. The number of halogens is 1. The van der Waals surface area contributed by atoms with Crippen LogP contribution in [0.2, 0.25) is 5.02 Å². The van der Waals surface area contributed by atoms with Crippen molar-refractivity contribution in [2.45, 2.75) is 18.9 Å². The van der Waals surface area contributed by atoms with E-state index < -0.39 is 34.4 Å². The summed E-state index contributed by atoms with van der Waals surface area (Å²) in [6, 6.07) is 18.2. The van der Waals surface area contributed by atoms with E-state index in [1.54, 1.807) is 0 Å². The fraction of sp³-hybridized carbons (Fsp3) is 0.143. The summed E-state index contributed by atoms with van der Waals surface area (Å²) in [4.78, 5) is 56.5. The molecule has 2 heterocycles. The fourth-order valence-electron chi connectivity index (χ4n) is 4.75. The van der Waals surface area contributed by atoms with E-state index in [9.17, 15) is 24.5 Å². The Morgan fingerprint density at radius 3 is 2.62 bits per heavy atom. The molecule has 1 unspecified atom stereocenters. The van der Waals surface area contributed by atoms with Crippen molar-refractivity contribution in [2.75, 3.05) is 11.4 Å². The quantitative estimate of drug-likeness (QED) is 0.206. The molecule has 1 saturated heterocycles. The molecule has 0 aliphatic carbocycles. The number of para-hydroxylation sites is 1. The standard InChI is InChI=1S/C28H20ClN5O5/c29-22-10-7-18(13-24(22)34(38)39)27(36)32(12-11-19-16-31-23-4-2-1-3-21(19)23)25-14-26(35)33(28(25)37)20-8-5-17(15-30)6-9-20/h1-10,13,16,25,31H,11-12,14H2. The van der Waals surface area contributed by atoms with Crippen molar-refractivity contribution < 1.29 is 19.3 Å². The van der Waals surface area contributed by atoms with Gasteiger partial charge in [0, 0.05) is 35.3 Å². The highest BCUT2D eigenvalue weighted by atomic mass is 35.5. The number of hydrogen-bond acceptors (Lipinski definition) is 6. The van der Waals surface area contributed by atoms with Gasteiger partial charge in [0.2, 0.25) is 5.91 Å². The number of anilines is 1. The first-order valence-corrected chi connectivity index (χ1v) is 12.3. The number of rotatable bonds is 7. The molecule has 0 spiro atoms. The van der Waals surface area contributed by atoms with Crippen LogP contribution in [-0.4, -0.2) is 45.1 Å². The molecule has 194 valence electrons. The minimum Gasteiger partial charge on any atom is -0.361 e. The lowest BCUT2D eigenvalue weighted by molar-refractivity contribution is -0.384. The Labute approximate surface area is 227 Å². The number of nitrogens with zero attached hydrogens (tertiary/aromatic N) is 4. The summed E-state index contributed by atoms with van der Waals surface area (Å²) in [5.41, 5.74) is 2.02. The summed E-state index contributed by atoms with van der Waals surface area (Å²) in [5, 5.41) is 21.3. The zero-order valence-electron chi connectivity index (χ0n) is 20.3. The molecule has 0 bridgehead atoms. The predicted octanol–water partition coefficient (Wildman–Crippen LogP) is 4.62. The lowest BCUT2D eigenvalue weighted by atomic mass is 10.1. The van der Waals surface area contributed by atoms with Gasteiger partial charge in [-0.25, -0.2) is 4.90 Å². The maximum atomic E-state index is 13.8. The highest BCUT2D eigenvalue weighted by Crippen LogP contribution is 2.30. The second-order valence-electron chi connectivity index (χ2n) is 8.98. The second kappa shape index (κ2) is 10.4. The Balaban J connectivity index is 1.49. The number of fused-ring (bicyclic) bond motifs is 1. The minimum atomic E-state index is -1.12. The van der Waals surface area contributed by atoms with Crippen molar-refractivity contribution in [3.63, 3.8) is 0 Å². The van der Waals surface area contributed by atoms with E-state index in [-0.39, 0.29) is 29.2 Å². The van der Waals surface area contributed by atoms with E-state index in [1.165, 1.54) is 41.3 Å². The summed E-state index contributed by atoms with van der Waals surface area (Å²) in [7, 11) is 0. The van der Waals surface area contributed by atoms with Gasteiger partial charge in [-0.05, 0) is 54.4 Å². The number of aromatic nitrogens is 1. The SMILES string of the molecule is N#Cc1ccc(N2C(=O)CC(N(CCc3c[nH]c4ccccc34)C(=O)c3ccc(Cl)c([N+](=O)[O-])c3)C2=O)cc1. The highest BCUT2D eigenvalue weighted by Gasteiger charge is 2.44. The number of carbonyl (C=O) groups is 3. The Bertz CT molecular complexity index is 1670. The first kappa shape index (κ1) is 25.6. The van der Waals surface area contributed by atoms with Crippen LogP contribution < -0.4 is 4.90 Å². The average Bonchev–Trinajstić information content (AvgIpc) is 3.48. The summed E-state index contributed by atoms with van der Waals surface area (Å²) < 4.78 is 0. The monoisotopic (exact) mass is 541 g/mol. The molecule has 39 heavy (non-hydrogen) atoms. The first-order valence-electron chi connectivity index (χ1n) is 12.0. The summed E-state index contributed by atoms with van der Waals surface area (Å²) in [6.45, 7) is 0.0714. The molecule has 10 nitrogen and oxygen atoms in total. The first-order chi connectivity index (χ1) is 18.8. The van der Waals surface area contributed by atoms with Crippen molar-refractivity contribution in [2.24, 2.45) is 0 Å². The third-order valence-electron chi connectivity index (χ3n) is 6.70. The van der Waals surface area contributed by atoms with Crippen LogP contribution in [0.4, 0.5) is 11.4 Å². The van der Waals surface area contributed by atoms with Crippen molar-refractivity contribution in [1.29, 1.82) is 5.26 Å². The third kappa shape index (κ3) is 4.83. The van der Waals surface area contributed by atoms with Gasteiger partial charge in [0.1, 0.15) is 11.1 Å². The number of nitriles is 1. The van der Waals surface area contributed by atoms with Crippen molar-refractivity contribution in [1.82, 2.24) is 9.88 Å². The van der Waals surface area contributed by atoms with Gasteiger partial charge in [0.15, 0.2) is 0 Å². The number of hydrogen-bond donors (Lipinski definition) is 1. The number of aromatic amines is 1. The van der Waals surface area contributed by atoms with E-state index in [0.717, 1.165) is 27.4 Å². The molecule has 11 heteroatoms. The molecule has 0 saturated carbocycles. The number of amides is 3. The third-order valence-corrected chi connectivity index (χ3v) is 7.02. The number of nitro benzene ring substituents is 1. The van der Waals surface area contributed by atoms with Gasteiger partial charge >= 0.3 is 0 Å². The number of imide groups is 1. The minimum absolute atomic E-state index is 0.0258. The smallest absolute Gasteiger partial charge is 0.288 e. The maximum Gasteiger partial charge on any atom is 0.288 e. The molecule has 3 amide bonds. The summed E-state index contributed by atoms with van der Waals surface area (Å²) in [5.74, 6) is -1.73. The van der Waals surface area contributed by atoms with E-state index in [1.807, 2.05) is 36.5 Å². The number of benzene rings is 3. The number of H-pyrrole nitrogens is 1. The van der Waals surface area contributed by atoms with Gasteiger partial charge in [0.25, 0.3) is 17.5 Å². The molecule has 1 aliphatic heterocycles. The molecular formula is C28H20ClN5O5. The normalized spacial score (nSPS) is 15.0. The molecule has 0 radical (unpaired) electrons. The molecular weight excluding hydrogens is 522 g/mol. The largest absolute Gasteiger partial charge is 0.361 e. The molecule has 5 rings (SSSR count). The molecule has 1 aromatic heterocycles. The fourth-order valence-corrected chi connectivity index (χ4v) is 4.93. The van der Waals surface area contributed by atoms with E-state index >= 15 is 0 Å². The average molecular weight is 542 g/mol. The number of carbonyl (C=O) groups excluding carboxylic acids is 3. The second-order valence-corrected chi connectivity index (χ2v) is 9.38. The van der Waals surface area contributed by atoms with E-state index in [4.69, 9.17) is 16.9 Å². The van der Waals surface area contributed by atoms with Gasteiger partial charge in [-0.15, -0.1) is 0 Å². The van der Waals surface area contributed by atoms with Crippen LogP contribution in [0.1, 0.15) is 27.9 Å². The van der Waals surface area contributed by atoms with Gasteiger partial charge in [-0.2, -0.15) is 5.26 Å². The lowest BCUT2D eigenvalue weighted by Crippen LogP contribution is -2.46. The maximum absolute atomic E-state index is 13.8. The predicted molar refractivity (Wildman–Crippen MR) is 143 cm³/mol. The molecule has 1 fully saturated rings. The Morgan fingerprint density at radius 2 is 1.90 bits per heavy atom. The Morgan fingerprint density at radius 1 is 1.15 bits per heavy atom. The van der Waals surface area contributed by atoms with Gasteiger partial charge < -0.3 is 9.88 Å². The van der Waals surface area contributed by atoms with E-state index in [0.29, 0.717) is 12.0 Å². The summed E-state index contributed by atoms with van der Waals surface area (Å²) >= 11 is 5.94. The molecule has 1 atom stereocenters. The Kier molecular flexibility index (Phi) is 6.83. The zero-order valence-corrected chi connectivity index (χ0v) is 21.1. The van der Waals surface area contributed by atoms with Crippen LogP contribution >= 0.6 is 11.6 Å². The van der Waals surface area contributed by atoms with Crippen molar-refractivity contribution >= 4 is 51.6 Å². The molecule has 1 N–H and O–H groups in total. The molecule has 4 aromatic rings. The van der Waals surface area contributed by atoms with Crippen molar-refractivity contribution in [3.05, 3.63) is 105 Å². The van der Waals surface area contributed by atoms with Gasteiger partial charge in [0.05, 0.1) is 28.7 Å². The van der Waals surface area contributed by atoms with Crippen LogP contribution in [0, 0.1) is 21.4 Å². The number of nitro groups is 1. The highest BCUT2D eigenvalue weighted by molar-refractivity contribution is 6.32.